The van der Waals surface area contributed by atoms with E-state index in [4.69, 9.17) is 11.6 Å². The number of hydrogen-bond acceptors (Lipinski definition) is 2. The molecule has 13 heavy (non-hydrogen) atoms. The average Bonchev–Trinajstić information content (AvgIpc) is 2.15. The topological polar surface area (TPSA) is 25.8 Å². The van der Waals surface area contributed by atoms with E-state index >= 15 is 0 Å². The van der Waals surface area contributed by atoms with Crippen LogP contribution in [-0.4, -0.2) is 15.3 Å². The summed E-state index contributed by atoms with van der Waals surface area (Å²) in [5.41, 5.74) is 1.16. The normalized spacial score (nSPS) is 13.2. The van der Waals surface area contributed by atoms with Crippen molar-refractivity contribution in [2.45, 2.75) is 32.1 Å². The van der Waals surface area contributed by atoms with Crippen molar-refractivity contribution in [1.29, 1.82) is 0 Å². The Morgan fingerprint density at radius 1 is 1.31 bits per heavy atom. The monoisotopic (exact) mass is 198 g/mol. The highest BCUT2D eigenvalue weighted by Gasteiger charge is 2.09. The van der Waals surface area contributed by atoms with Crippen molar-refractivity contribution in [3.63, 3.8) is 0 Å². The lowest BCUT2D eigenvalue weighted by atomic mass is 10.0. The minimum absolute atomic E-state index is 0.250. The minimum atomic E-state index is 0.250. The highest BCUT2D eigenvalue weighted by atomic mass is 35.5. The van der Waals surface area contributed by atoms with Gasteiger partial charge >= 0.3 is 0 Å². The number of aromatic nitrogens is 2. The molecule has 3 heteroatoms. The predicted octanol–water partition coefficient (Wildman–Crippen LogP) is 2.67. The SMILES string of the molecule is CC(C)C(Cl)CCc1cncnc1. The minimum Gasteiger partial charge on any atom is -0.245 e. The molecule has 1 aromatic heterocycles. The summed E-state index contributed by atoms with van der Waals surface area (Å²) in [6, 6.07) is 0. The number of nitrogens with zero attached hydrogens (tertiary/aromatic N) is 2. The number of halogens is 1. The van der Waals surface area contributed by atoms with Crippen molar-refractivity contribution in [2.75, 3.05) is 0 Å². The summed E-state index contributed by atoms with van der Waals surface area (Å²) in [6.07, 6.45) is 7.19. The van der Waals surface area contributed by atoms with Gasteiger partial charge in [-0.15, -0.1) is 11.6 Å². The van der Waals surface area contributed by atoms with Gasteiger partial charge in [0.2, 0.25) is 0 Å². The maximum atomic E-state index is 6.12. The summed E-state index contributed by atoms with van der Waals surface area (Å²) in [7, 11) is 0. The van der Waals surface area contributed by atoms with Gasteiger partial charge in [-0.1, -0.05) is 13.8 Å². The zero-order valence-corrected chi connectivity index (χ0v) is 8.83. The molecule has 0 saturated carbocycles. The van der Waals surface area contributed by atoms with Gasteiger partial charge in [0.05, 0.1) is 0 Å². The lowest BCUT2D eigenvalue weighted by Crippen LogP contribution is -2.08. The third-order valence-corrected chi connectivity index (χ3v) is 2.77. The standard InChI is InChI=1S/C10H15ClN2/c1-8(2)10(11)4-3-9-5-12-7-13-6-9/h5-8,10H,3-4H2,1-2H3. The lowest BCUT2D eigenvalue weighted by molar-refractivity contribution is 0.564. The van der Waals surface area contributed by atoms with Crippen LogP contribution in [0.25, 0.3) is 0 Å². The average molecular weight is 199 g/mol. The second-order valence-corrected chi connectivity index (χ2v) is 4.11. The fourth-order valence-electron chi connectivity index (χ4n) is 1.10. The molecule has 2 nitrogen and oxygen atoms in total. The van der Waals surface area contributed by atoms with Gasteiger partial charge in [0.1, 0.15) is 6.33 Å². The maximum absolute atomic E-state index is 6.12. The first-order valence-corrected chi connectivity index (χ1v) is 5.01. The molecule has 1 unspecified atom stereocenters. The fraction of sp³-hybridized carbons (Fsp3) is 0.600. The Hall–Kier alpha value is -0.630. The van der Waals surface area contributed by atoms with Gasteiger partial charge in [-0.25, -0.2) is 9.97 Å². The van der Waals surface area contributed by atoms with Crippen LogP contribution in [0.5, 0.6) is 0 Å². The molecular formula is C10H15ClN2. The molecule has 0 aliphatic heterocycles. The van der Waals surface area contributed by atoms with Crippen molar-refractivity contribution < 1.29 is 0 Å². The van der Waals surface area contributed by atoms with Crippen molar-refractivity contribution in [3.05, 3.63) is 24.3 Å². The van der Waals surface area contributed by atoms with Crippen molar-refractivity contribution in [3.8, 4) is 0 Å². The molecular weight excluding hydrogens is 184 g/mol. The van der Waals surface area contributed by atoms with Crippen LogP contribution < -0.4 is 0 Å². The fourth-order valence-corrected chi connectivity index (χ4v) is 1.21. The first kappa shape index (κ1) is 10.5. The molecule has 0 amide bonds. The van der Waals surface area contributed by atoms with Crippen molar-refractivity contribution in [2.24, 2.45) is 5.92 Å². The second kappa shape index (κ2) is 5.18. The van der Waals surface area contributed by atoms with Gasteiger partial charge in [-0.3, -0.25) is 0 Å². The van der Waals surface area contributed by atoms with E-state index in [1.165, 1.54) is 0 Å². The Morgan fingerprint density at radius 2 is 1.92 bits per heavy atom. The van der Waals surface area contributed by atoms with E-state index in [2.05, 4.69) is 23.8 Å². The predicted molar refractivity (Wildman–Crippen MR) is 54.8 cm³/mol. The van der Waals surface area contributed by atoms with Crippen LogP contribution >= 0.6 is 11.6 Å². The molecule has 0 aromatic carbocycles. The zero-order valence-electron chi connectivity index (χ0n) is 8.07. The van der Waals surface area contributed by atoms with Crippen LogP contribution in [0, 0.1) is 5.92 Å². The molecule has 0 aliphatic rings. The Labute approximate surface area is 84.4 Å². The van der Waals surface area contributed by atoms with E-state index in [1.807, 2.05) is 12.4 Å². The first-order valence-electron chi connectivity index (χ1n) is 4.58. The molecule has 72 valence electrons. The van der Waals surface area contributed by atoms with Gasteiger partial charge in [0.15, 0.2) is 0 Å². The molecule has 1 rings (SSSR count). The molecule has 0 bridgehead atoms. The summed E-state index contributed by atoms with van der Waals surface area (Å²) < 4.78 is 0. The molecule has 0 saturated heterocycles. The van der Waals surface area contributed by atoms with Gasteiger partial charge in [-0.05, 0) is 24.3 Å². The van der Waals surface area contributed by atoms with Gasteiger partial charge in [-0.2, -0.15) is 0 Å². The van der Waals surface area contributed by atoms with Crippen molar-refractivity contribution >= 4 is 11.6 Å². The number of alkyl halides is 1. The molecule has 0 aliphatic carbocycles. The van der Waals surface area contributed by atoms with E-state index < -0.39 is 0 Å². The number of hydrogen-bond donors (Lipinski definition) is 0. The Kier molecular flexibility index (Phi) is 4.16. The van der Waals surface area contributed by atoms with Gasteiger partial charge in [0, 0.05) is 17.8 Å². The van der Waals surface area contributed by atoms with E-state index in [9.17, 15) is 0 Å². The smallest absolute Gasteiger partial charge is 0.115 e. The molecule has 0 radical (unpaired) electrons. The Bertz CT molecular complexity index is 236. The van der Waals surface area contributed by atoms with Crippen LogP contribution in [0.3, 0.4) is 0 Å². The van der Waals surface area contributed by atoms with Crippen LogP contribution in [0.2, 0.25) is 0 Å². The number of rotatable bonds is 4. The van der Waals surface area contributed by atoms with Crippen LogP contribution in [-0.2, 0) is 6.42 Å². The quantitative estimate of drug-likeness (QED) is 0.696. The Balaban J connectivity index is 2.35. The second-order valence-electron chi connectivity index (χ2n) is 3.55. The molecule has 1 aromatic rings. The van der Waals surface area contributed by atoms with Gasteiger partial charge < -0.3 is 0 Å². The zero-order chi connectivity index (χ0) is 9.68. The van der Waals surface area contributed by atoms with Crippen LogP contribution in [0.1, 0.15) is 25.8 Å². The van der Waals surface area contributed by atoms with Crippen LogP contribution in [0.4, 0.5) is 0 Å². The van der Waals surface area contributed by atoms with E-state index in [0.717, 1.165) is 18.4 Å². The van der Waals surface area contributed by atoms with E-state index in [1.54, 1.807) is 6.33 Å². The summed E-state index contributed by atoms with van der Waals surface area (Å²) in [4.78, 5) is 7.91. The highest BCUT2D eigenvalue weighted by molar-refractivity contribution is 6.20. The van der Waals surface area contributed by atoms with Gasteiger partial charge in [0.25, 0.3) is 0 Å². The summed E-state index contributed by atoms with van der Waals surface area (Å²) >= 11 is 6.12. The molecule has 1 heterocycles. The molecule has 0 fully saturated rings. The summed E-state index contributed by atoms with van der Waals surface area (Å²) in [5.74, 6) is 0.534. The molecule has 1 atom stereocenters. The third-order valence-electron chi connectivity index (χ3n) is 2.05. The highest BCUT2D eigenvalue weighted by Crippen LogP contribution is 2.15. The van der Waals surface area contributed by atoms with Crippen LogP contribution in [0.15, 0.2) is 18.7 Å². The molecule has 0 N–H and O–H groups in total. The summed E-state index contributed by atoms with van der Waals surface area (Å²) in [5, 5.41) is 0.250. The Morgan fingerprint density at radius 3 is 2.46 bits per heavy atom. The largest absolute Gasteiger partial charge is 0.245 e. The molecule has 0 spiro atoms. The first-order chi connectivity index (χ1) is 6.20. The lowest BCUT2D eigenvalue weighted by Gasteiger charge is -2.12. The summed E-state index contributed by atoms with van der Waals surface area (Å²) in [6.45, 7) is 4.28. The van der Waals surface area contributed by atoms with E-state index in [0.29, 0.717) is 5.92 Å². The number of aryl methyl sites for hydroxylation is 1. The van der Waals surface area contributed by atoms with Crippen molar-refractivity contribution in [1.82, 2.24) is 9.97 Å². The third kappa shape index (κ3) is 3.73. The van der Waals surface area contributed by atoms with E-state index in [-0.39, 0.29) is 5.38 Å². The maximum Gasteiger partial charge on any atom is 0.115 e.